The Bertz CT molecular complexity index is 292. The second-order valence-corrected chi connectivity index (χ2v) is 2.59. The van der Waals surface area contributed by atoms with Crippen LogP contribution in [0, 0.1) is 11.8 Å². The van der Waals surface area contributed by atoms with Gasteiger partial charge in [0.2, 0.25) is 0 Å². The SMILES string of the molecule is CCC#CC(C)(O)c1c[nH]nn1. The Hall–Kier alpha value is -1.34. The van der Waals surface area contributed by atoms with Crippen molar-refractivity contribution >= 4 is 0 Å². The monoisotopic (exact) mass is 165 g/mol. The first kappa shape index (κ1) is 8.75. The van der Waals surface area contributed by atoms with Crippen molar-refractivity contribution in [2.45, 2.75) is 25.9 Å². The lowest BCUT2D eigenvalue weighted by Crippen LogP contribution is -2.18. The Morgan fingerprint density at radius 2 is 2.50 bits per heavy atom. The molecular weight excluding hydrogens is 154 g/mol. The van der Waals surface area contributed by atoms with Crippen LogP contribution in [0.4, 0.5) is 0 Å². The van der Waals surface area contributed by atoms with Crippen LogP contribution in [-0.2, 0) is 5.60 Å². The maximum absolute atomic E-state index is 9.71. The highest BCUT2D eigenvalue weighted by Gasteiger charge is 2.22. The summed E-state index contributed by atoms with van der Waals surface area (Å²) in [5.74, 6) is 5.49. The fraction of sp³-hybridized carbons (Fsp3) is 0.500. The number of aliphatic hydroxyl groups is 1. The Morgan fingerprint density at radius 1 is 1.75 bits per heavy atom. The fourth-order valence-electron chi connectivity index (χ4n) is 0.764. The number of nitrogens with zero attached hydrogens (tertiary/aromatic N) is 2. The minimum Gasteiger partial charge on any atom is -0.372 e. The first-order valence-electron chi connectivity index (χ1n) is 3.76. The highest BCUT2D eigenvalue weighted by Crippen LogP contribution is 2.14. The van der Waals surface area contributed by atoms with Crippen molar-refractivity contribution in [3.05, 3.63) is 11.9 Å². The average Bonchev–Trinajstić information content (AvgIpc) is 2.53. The van der Waals surface area contributed by atoms with Gasteiger partial charge in [-0.05, 0) is 6.92 Å². The summed E-state index contributed by atoms with van der Waals surface area (Å²) in [7, 11) is 0. The summed E-state index contributed by atoms with van der Waals surface area (Å²) in [6.07, 6.45) is 2.25. The lowest BCUT2D eigenvalue weighted by Gasteiger charge is -2.11. The van der Waals surface area contributed by atoms with Crippen LogP contribution in [0.5, 0.6) is 0 Å². The Kier molecular flexibility index (Phi) is 2.46. The molecule has 1 rings (SSSR count). The van der Waals surface area contributed by atoms with E-state index in [4.69, 9.17) is 0 Å². The predicted octanol–water partition coefficient (Wildman–Crippen LogP) is 0.426. The van der Waals surface area contributed by atoms with E-state index in [1.54, 1.807) is 6.92 Å². The molecular formula is C8H11N3O. The topological polar surface area (TPSA) is 61.8 Å². The van der Waals surface area contributed by atoms with Gasteiger partial charge < -0.3 is 5.11 Å². The van der Waals surface area contributed by atoms with Crippen LogP contribution >= 0.6 is 0 Å². The molecule has 4 heteroatoms. The van der Waals surface area contributed by atoms with Crippen LogP contribution in [0.25, 0.3) is 0 Å². The van der Waals surface area contributed by atoms with Crippen LogP contribution < -0.4 is 0 Å². The van der Waals surface area contributed by atoms with Crippen LogP contribution in [0.1, 0.15) is 26.0 Å². The van der Waals surface area contributed by atoms with Crippen molar-refractivity contribution in [1.82, 2.24) is 15.4 Å². The van der Waals surface area contributed by atoms with Gasteiger partial charge in [0.1, 0.15) is 5.69 Å². The summed E-state index contributed by atoms with van der Waals surface area (Å²) in [5, 5.41) is 19.4. The van der Waals surface area contributed by atoms with Crippen molar-refractivity contribution in [1.29, 1.82) is 0 Å². The molecule has 0 aliphatic heterocycles. The average molecular weight is 165 g/mol. The number of hydrogen-bond donors (Lipinski definition) is 2. The molecule has 2 N–H and O–H groups in total. The molecule has 0 amide bonds. The molecule has 1 aromatic heterocycles. The molecule has 0 aromatic carbocycles. The van der Waals surface area contributed by atoms with E-state index in [1.807, 2.05) is 6.92 Å². The Balaban J connectivity index is 2.86. The number of rotatable bonds is 1. The minimum absolute atomic E-state index is 0.448. The van der Waals surface area contributed by atoms with Crippen molar-refractivity contribution in [2.75, 3.05) is 0 Å². The van der Waals surface area contributed by atoms with Crippen molar-refractivity contribution in [3.8, 4) is 11.8 Å². The number of H-pyrrole nitrogens is 1. The molecule has 64 valence electrons. The second kappa shape index (κ2) is 3.37. The van der Waals surface area contributed by atoms with Gasteiger partial charge in [-0.25, -0.2) is 0 Å². The normalized spacial score (nSPS) is 14.6. The molecule has 0 radical (unpaired) electrons. The molecule has 0 aliphatic carbocycles. The highest BCUT2D eigenvalue weighted by atomic mass is 16.3. The fourth-order valence-corrected chi connectivity index (χ4v) is 0.764. The van der Waals surface area contributed by atoms with E-state index < -0.39 is 5.60 Å². The first-order valence-corrected chi connectivity index (χ1v) is 3.76. The standard InChI is InChI=1S/C8H11N3O/c1-3-4-5-8(2,12)7-6-9-11-10-7/h6,12H,3H2,1-2H3,(H,9,10,11). The third-order valence-electron chi connectivity index (χ3n) is 1.42. The molecule has 4 nitrogen and oxygen atoms in total. The van der Waals surface area contributed by atoms with E-state index in [0.717, 1.165) is 0 Å². The lowest BCUT2D eigenvalue weighted by atomic mass is 10.0. The molecule has 0 saturated carbocycles. The smallest absolute Gasteiger partial charge is 0.168 e. The molecule has 1 atom stereocenters. The van der Waals surface area contributed by atoms with Gasteiger partial charge >= 0.3 is 0 Å². The molecule has 0 fully saturated rings. The summed E-state index contributed by atoms with van der Waals surface area (Å²) >= 11 is 0. The quantitative estimate of drug-likeness (QED) is 0.593. The molecule has 0 saturated heterocycles. The zero-order valence-corrected chi connectivity index (χ0v) is 7.13. The van der Waals surface area contributed by atoms with Crippen molar-refractivity contribution in [3.63, 3.8) is 0 Å². The van der Waals surface area contributed by atoms with Crippen molar-refractivity contribution in [2.24, 2.45) is 0 Å². The summed E-state index contributed by atoms with van der Waals surface area (Å²) in [6, 6.07) is 0. The molecule has 1 unspecified atom stereocenters. The molecule has 0 bridgehead atoms. The van der Waals surface area contributed by atoms with Crippen LogP contribution in [0.2, 0.25) is 0 Å². The number of aromatic nitrogens is 3. The minimum atomic E-state index is -1.19. The number of aromatic amines is 1. The van der Waals surface area contributed by atoms with Gasteiger partial charge in [0.25, 0.3) is 0 Å². The molecule has 0 spiro atoms. The lowest BCUT2D eigenvalue weighted by molar-refractivity contribution is 0.117. The van der Waals surface area contributed by atoms with E-state index in [9.17, 15) is 5.11 Å². The van der Waals surface area contributed by atoms with Gasteiger partial charge in [-0.2, -0.15) is 0 Å². The number of hydrogen-bond acceptors (Lipinski definition) is 3. The van der Waals surface area contributed by atoms with E-state index in [0.29, 0.717) is 12.1 Å². The molecule has 1 aromatic rings. The largest absolute Gasteiger partial charge is 0.372 e. The zero-order valence-electron chi connectivity index (χ0n) is 7.13. The van der Waals surface area contributed by atoms with Gasteiger partial charge in [0, 0.05) is 12.6 Å². The maximum Gasteiger partial charge on any atom is 0.168 e. The number of nitrogens with one attached hydrogen (secondary N) is 1. The summed E-state index contributed by atoms with van der Waals surface area (Å²) in [4.78, 5) is 0. The first-order chi connectivity index (χ1) is 5.67. The van der Waals surface area contributed by atoms with Crippen LogP contribution in [0.15, 0.2) is 6.20 Å². The van der Waals surface area contributed by atoms with Gasteiger partial charge in [-0.15, -0.1) is 11.0 Å². The maximum atomic E-state index is 9.71. The van der Waals surface area contributed by atoms with Gasteiger partial charge in [-0.1, -0.05) is 18.1 Å². The predicted molar refractivity (Wildman–Crippen MR) is 44.0 cm³/mol. The summed E-state index contributed by atoms with van der Waals surface area (Å²) in [6.45, 7) is 3.51. The van der Waals surface area contributed by atoms with E-state index in [2.05, 4.69) is 27.3 Å². The summed E-state index contributed by atoms with van der Waals surface area (Å²) < 4.78 is 0. The van der Waals surface area contributed by atoms with E-state index in [-0.39, 0.29) is 0 Å². The third-order valence-corrected chi connectivity index (χ3v) is 1.42. The van der Waals surface area contributed by atoms with E-state index in [1.165, 1.54) is 6.20 Å². The molecule has 12 heavy (non-hydrogen) atoms. The van der Waals surface area contributed by atoms with Crippen LogP contribution in [0.3, 0.4) is 0 Å². The Labute approximate surface area is 71.0 Å². The van der Waals surface area contributed by atoms with Gasteiger partial charge in [0.05, 0.1) is 0 Å². The highest BCUT2D eigenvalue weighted by molar-refractivity contribution is 5.21. The summed E-state index contributed by atoms with van der Waals surface area (Å²) in [5.41, 5.74) is -0.744. The second-order valence-electron chi connectivity index (χ2n) is 2.59. The molecule has 0 aliphatic rings. The van der Waals surface area contributed by atoms with Gasteiger partial charge in [-0.3, -0.25) is 5.10 Å². The van der Waals surface area contributed by atoms with Crippen molar-refractivity contribution < 1.29 is 5.11 Å². The zero-order chi connectivity index (χ0) is 9.03. The van der Waals surface area contributed by atoms with Crippen LogP contribution in [-0.4, -0.2) is 20.5 Å². The van der Waals surface area contributed by atoms with Gasteiger partial charge in [0.15, 0.2) is 5.60 Å². The Morgan fingerprint density at radius 3 is 3.00 bits per heavy atom. The van der Waals surface area contributed by atoms with E-state index >= 15 is 0 Å². The third kappa shape index (κ3) is 1.83. The molecule has 1 heterocycles.